The van der Waals surface area contributed by atoms with Crippen LogP contribution in [-0.4, -0.2) is 14.7 Å². The van der Waals surface area contributed by atoms with Crippen LogP contribution in [0, 0.1) is 27.7 Å². The highest BCUT2D eigenvalue weighted by Crippen LogP contribution is 2.44. The zero-order valence-electron chi connectivity index (χ0n) is 23.1. The van der Waals surface area contributed by atoms with Crippen molar-refractivity contribution in [1.29, 1.82) is 0 Å². The molecule has 0 saturated carbocycles. The number of anilines is 1. The first-order valence-corrected chi connectivity index (χ1v) is 13.9. The third-order valence-electron chi connectivity index (χ3n) is 7.55. The van der Waals surface area contributed by atoms with Gasteiger partial charge in [-0.15, -0.1) is 0 Å². The van der Waals surface area contributed by atoms with E-state index in [1.165, 1.54) is 28.1 Å². The van der Waals surface area contributed by atoms with Crippen LogP contribution in [0.4, 0.5) is 5.69 Å². The largest absolute Gasteiger partial charge is 0.457 e. The molecule has 0 spiro atoms. The van der Waals surface area contributed by atoms with E-state index in [1.54, 1.807) is 0 Å². The van der Waals surface area contributed by atoms with Gasteiger partial charge in [0.25, 0.3) is 0 Å². The number of ether oxygens (including phenoxy) is 1. The molecular weight excluding hydrogens is 512 g/mol. The Morgan fingerprint density at radius 2 is 1.35 bits per heavy atom. The van der Waals surface area contributed by atoms with Crippen LogP contribution >= 0.6 is 12.2 Å². The SMILES string of the molecule is Cc1ccc(Oc2ccc(N3C(=S)NC(c4ccccn4)C3c3cc(C)n(-c4ccc(C)cc4)c3C)cc2)cc1. The van der Waals surface area contributed by atoms with Crippen molar-refractivity contribution in [3.8, 4) is 17.2 Å². The predicted molar refractivity (Wildman–Crippen MR) is 166 cm³/mol. The number of benzene rings is 3. The first-order valence-electron chi connectivity index (χ1n) is 13.5. The van der Waals surface area contributed by atoms with E-state index in [1.807, 2.05) is 54.7 Å². The van der Waals surface area contributed by atoms with Crippen molar-refractivity contribution in [1.82, 2.24) is 14.9 Å². The van der Waals surface area contributed by atoms with E-state index in [4.69, 9.17) is 21.9 Å². The first kappa shape index (κ1) is 25.8. The molecule has 2 unspecified atom stereocenters. The lowest BCUT2D eigenvalue weighted by atomic mass is 9.96. The van der Waals surface area contributed by atoms with E-state index in [-0.39, 0.29) is 12.1 Å². The van der Waals surface area contributed by atoms with Gasteiger partial charge in [0.2, 0.25) is 0 Å². The fourth-order valence-electron chi connectivity index (χ4n) is 5.54. The number of hydrogen-bond donors (Lipinski definition) is 1. The van der Waals surface area contributed by atoms with Crippen molar-refractivity contribution in [2.75, 3.05) is 4.90 Å². The van der Waals surface area contributed by atoms with Crippen molar-refractivity contribution in [3.05, 3.63) is 137 Å². The van der Waals surface area contributed by atoms with Crippen LogP contribution in [-0.2, 0) is 0 Å². The molecule has 1 aliphatic rings. The van der Waals surface area contributed by atoms with Crippen molar-refractivity contribution < 1.29 is 4.74 Å². The molecule has 3 aromatic carbocycles. The van der Waals surface area contributed by atoms with Crippen LogP contribution in [0.1, 0.15) is 45.9 Å². The molecule has 40 heavy (non-hydrogen) atoms. The molecule has 6 rings (SSSR count). The van der Waals surface area contributed by atoms with Gasteiger partial charge in [-0.05, 0) is 112 Å². The minimum atomic E-state index is -0.107. The van der Waals surface area contributed by atoms with Crippen LogP contribution in [0.15, 0.2) is 103 Å². The fourth-order valence-corrected chi connectivity index (χ4v) is 5.89. The zero-order chi connectivity index (χ0) is 27.8. The van der Waals surface area contributed by atoms with Gasteiger partial charge < -0.3 is 19.5 Å². The standard InChI is InChI=1S/C34H32N4OS/c1-22-8-12-26(13-9-22)37-24(3)21-30(25(37)4)33-32(31-7-5-6-20-35-31)36-34(40)38(33)27-14-18-29(19-15-27)39-28-16-10-23(2)11-17-28/h5-21,32-33H,1-4H3,(H,36,40). The molecule has 1 fully saturated rings. The van der Waals surface area contributed by atoms with E-state index in [9.17, 15) is 0 Å². The Balaban J connectivity index is 1.40. The van der Waals surface area contributed by atoms with Gasteiger partial charge in [-0.3, -0.25) is 4.98 Å². The summed E-state index contributed by atoms with van der Waals surface area (Å²) in [5, 5.41) is 4.26. The molecule has 2 aromatic heterocycles. The van der Waals surface area contributed by atoms with Gasteiger partial charge in [0.15, 0.2) is 5.11 Å². The molecule has 2 atom stereocenters. The van der Waals surface area contributed by atoms with Crippen molar-refractivity contribution in [3.63, 3.8) is 0 Å². The fraction of sp³-hybridized carbons (Fsp3) is 0.176. The number of pyridine rings is 1. The lowest BCUT2D eigenvalue weighted by Crippen LogP contribution is -2.29. The highest BCUT2D eigenvalue weighted by atomic mass is 32.1. The summed E-state index contributed by atoms with van der Waals surface area (Å²) in [6.07, 6.45) is 1.84. The molecule has 5 aromatic rings. The van der Waals surface area contributed by atoms with Crippen LogP contribution in [0.2, 0.25) is 0 Å². The van der Waals surface area contributed by atoms with Crippen molar-refractivity contribution in [2.45, 2.75) is 39.8 Å². The van der Waals surface area contributed by atoms with Gasteiger partial charge in [0.1, 0.15) is 11.5 Å². The summed E-state index contributed by atoms with van der Waals surface area (Å²) in [6, 6.07) is 33.0. The Labute approximate surface area is 241 Å². The van der Waals surface area contributed by atoms with Gasteiger partial charge in [0.05, 0.1) is 17.8 Å². The number of rotatable bonds is 6. The summed E-state index contributed by atoms with van der Waals surface area (Å²) in [6.45, 7) is 8.53. The smallest absolute Gasteiger partial charge is 0.174 e. The molecule has 1 aliphatic heterocycles. The number of hydrogen-bond acceptors (Lipinski definition) is 3. The van der Waals surface area contributed by atoms with Gasteiger partial charge in [-0.1, -0.05) is 41.5 Å². The Morgan fingerprint density at radius 3 is 1.98 bits per heavy atom. The van der Waals surface area contributed by atoms with E-state index in [0.717, 1.165) is 28.6 Å². The second kappa shape index (κ2) is 10.6. The summed E-state index contributed by atoms with van der Waals surface area (Å²) in [7, 11) is 0. The Hall–Kier alpha value is -4.42. The summed E-state index contributed by atoms with van der Waals surface area (Å²) < 4.78 is 8.42. The maximum Gasteiger partial charge on any atom is 0.174 e. The summed E-state index contributed by atoms with van der Waals surface area (Å²) in [5.41, 5.74) is 9.12. The molecule has 0 bridgehead atoms. The zero-order valence-corrected chi connectivity index (χ0v) is 23.9. The molecule has 0 radical (unpaired) electrons. The molecule has 0 aliphatic carbocycles. The first-order chi connectivity index (χ1) is 19.4. The Bertz CT molecular complexity index is 1640. The molecular formula is C34H32N4OS. The molecule has 5 nitrogen and oxygen atoms in total. The van der Waals surface area contributed by atoms with Gasteiger partial charge in [-0.25, -0.2) is 0 Å². The van der Waals surface area contributed by atoms with Crippen LogP contribution in [0.3, 0.4) is 0 Å². The highest BCUT2D eigenvalue weighted by molar-refractivity contribution is 7.80. The maximum absolute atomic E-state index is 6.09. The summed E-state index contributed by atoms with van der Waals surface area (Å²) in [4.78, 5) is 6.93. The normalized spacial score (nSPS) is 16.7. The van der Waals surface area contributed by atoms with Crippen LogP contribution in [0.5, 0.6) is 11.5 Å². The third-order valence-corrected chi connectivity index (χ3v) is 7.87. The number of thiocarbonyl (C=S) groups is 1. The molecule has 6 heteroatoms. The Kier molecular flexibility index (Phi) is 6.86. The van der Waals surface area contributed by atoms with E-state index < -0.39 is 0 Å². The summed E-state index contributed by atoms with van der Waals surface area (Å²) >= 11 is 5.97. The van der Waals surface area contributed by atoms with Crippen molar-refractivity contribution in [2.24, 2.45) is 0 Å². The minimum absolute atomic E-state index is 0.0864. The average Bonchev–Trinajstić information content (AvgIpc) is 3.46. The molecule has 1 N–H and O–H groups in total. The lowest BCUT2D eigenvalue weighted by molar-refractivity contribution is 0.482. The van der Waals surface area contributed by atoms with Gasteiger partial charge >= 0.3 is 0 Å². The maximum atomic E-state index is 6.09. The van der Waals surface area contributed by atoms with E-state index in [2.05, 4.69) is 91.0 Å². The molecule has 200 valence electrons. The monoisotopic (exact) mass is 544 g/mol. The van der Waals surface area contributed by atoms with Crippen LogP contribution < -0.4 is 15.0 Å². The predicted octanol–water partition coefficient (Wildman–Crippen LogP) is 8.08. The van der Waals surface area contributed by atoms with Crippen molar-refractivity contribution >= 4 is 23.0 Å². The number of nitrogens with zero attached hydrogens (tertiary/aromatic N) is 3. The van der Waals surface area contributed by atoms with Crippen LogP contribution in [0.25, 0.3) is 5.69 Å². The van der Waals surface area contributed by atoms with E-state index in [0.29, 0.717) is 5.11 Å². The van der Waals surface area contributed by atoms with E-state index >= 15 is 0 Å². The number of aryl methyl sites for hydroxylation is 3. The molecule has 1 saturated heterocycles. The molecule has 0 amide bonds. The minimum Gasteiger partial charge on any atom is -0.457 e. The topological polar surface area (TPSA) is 42.3 Å². The van der Waals surface area contributed by atoms with Gasteiger partial charge in [0, 0.05) is 29.0 Å². The number of nitrogens with one attached hydrogen (secondary N) is 1. The third kappa shape index (κ3) is 4.87. The Morgan fingerprint density at radius 1 is 0.750 bits per heavy atom. The molecule has 3 heterocycles. The second-order valence-corrected chi connectivity index (χ2v) is 10.8. The quantitative estimate of drug-likeness (QED) is 0.219. The average molecular weight is 545 g/mol. The summed E-state index contributed by atoms with van der Waals surface area (Å²) in [5.74, 6) is 1.59. The highest BCUT2D eigenvalue weighted by Gasteiger charge is 2.42. The number of aromatic nitrogens is 2. The van der Waals surface area contributed by atoms with Gasteiger partial charge in [-0.2, -0.15) is 0 Å². The second-order valence-electron chi connectivity index (χ2n) is 10.4. The lowest BCUT2D eigenvalue weighted by Gasteiger charge is -2.28.